The van der Waals surface area contributed by atoms with E-state index in [-0.39, 0.29) is 23.1 Å². The molecular weight excluding hydrogens is 276 g/mol. The summed E-state index contributed by atoms with van der Waals surface area (Å²) in [4.78, 5) is 2.35. The van der Waals surface area contributed by atoms with Crippen molar-refractivity contribution in [1.29, 1.82) is 0 Å². The summed E-state index contributed by atoms with van der Waals surface area (Å²) in [5.74, 6) is 0. The topological polar surface area (TPSA) is 110 Å². The molecule has 0 aliphatic carbocycles. The highest BCUT2D eigenvalue weighted by Crippen LogP contribution is 2.38. The third-order valence-corrected chi connectivity index (χ3v) is 6.00. The van der Waals surface area contributed by atoms with E-state index in [9.17, 15) is 20.4 Å². The zero-order chi connectivity index (χ0) is 15.6. The molecule has 7 nitrogen and oxygen atoms in total. The molecule has 4 bridgehead atoms. The summed E-state index contributed by atoms with van der Waals surface area (Å²) in [7, 11) is 0. The summed E-state index contributed by atoms with van der Waals surface area (Å²) in [5.41, 5.74) is -0.320. The van der Waals surface area contributed by atoms with E-state index in [0.717, 1.165) is 26.2 Å². The average molecular weight is 304 g/mol. The van der Waals surface area contributed by atoms with Gasteiger partial charge in [0.15, 0.2) is 6.10 Å². The van der Waals surface area contributed by atoms with Crippen LogP contribution in [0.3, 0.4) is 0 Å². The van der Waals surface area contributed by atoms with Gasteiger partial charge < -0.3 is 25.5 Å². The highest BCUT2D eigenvalue weighted by atomic mass is 16.4. The number of rotatable bonds is 4. The van der Waals surface area contributed by atoms with E-state index in [1.54, 1.807) is 0 Å². The zero-order valence-electron chi connectivity index (χ0n) is 12.7. The van der Waals surface area contributed by atoms with E-state index in [0.29, 0.717) is 0 Å². The Hall–Kier alpha value is -0.280. The van der Waals surface area contributed by atoms with Crippen LogP contribution in [-0.4, -0.2) is 88.9 Å². The van der Waals surface area contributed by atoms with Crippen LogP contribution in [0.4, 0.5) is 0 Å². The third-order valence-electron chi connectivity index (χ3n) is 6.00. The first-order valence-electron chi connectivity index (χ1n) is 7.74. The lowest BCUT2D eigenvalue weighted by atomic mass is 9.60. The number of hydrogen-bond acceptors (Lipinski definition) is 5. The molecule has 4 saturated heterocycles. The van der Waals surface area contributed by atoms with E-state index in [1.165, 1.54) is 9.80 Å². The van der Waals surface area contributed by atoms with Crippen molar-refractivity contribution in [3.05, 3.63) is 0 Å². The maximum absolute atomic E-state index is 10.6. The molecule has 0 radical (unpaired) electrons. The molecule has 4 aliphatic rings. The second-order valence-corrected chi connectivity index (χ2v) is 7.94. The van der Waals surface area contributed by atoms with Crippen molar-refractivity contribution in [3.63, 3.8) is 0 Å². The van der Waals surface area contributed by atoms with Crippen molar-refractivity contribution >= 4 is 0 Å². The number of aliphatic hydroxyl groups is 5. The Bertz CT molecular complexity index is 382. The summed E-state index contributed by atoms with van der Waals surface area (Å²) in [6.45, 7) is 6.66. The summed E-state index contributed by atoms with van der Waals surface area (Å²) in [5, 5.41) is 49.6. The predicted molar refractivity (Wildman–Crippen MR) is 72.5 cm³/mol. The van der Waals surface area contributed by atoms with Crippen LogP contribution in [0.2, 0.25) is 0 Å². The molecule has 3 atom stereocenters. The summed E-state index contributed by atoms with van der Waals surface area (Å²) < 4.78 is 0. The molecule has 0 aromatic rings. The fraction of sp³-hybridized carbons (Fsp3) is 1.00. The van der Waals surface area contributed by atoms with Crippen LogP contribution in [0.25, 0.3) is 0 Å². The van der Waals surface area contributed by atoms with Gasteiger partial charge in [-0.05, 0) is 13.8 Å². The van der Waals surface area contributed by atoms with Crippen LogP contribution in [0.1, 0.15) is 13.8 Å². The van der Waals surface area contributed by atoms with Crippen LogP contribution in [0.15, 0.2) is 0 Å². The SMILES string of the molecule is CC12C[NH+]3CC(C)(C[NH+](C1)C3[C@H](O)[C@@H](O)[C@H](O)CO)C2O. The van der Waals surface area contributed by atoms with Gasteiger partial charge in [0.25, 0.3) is 0 Å². The van der Waals surface area contributed by atoms with E-state index >= 15 is 0 Å². The smallest absolute Gasteiger partial charge is 0.242 e. The van der Waals surface area contributed by atoms with Gasteiger partial charge in [0.05, 0.1) is 49.7 Å². The molecule has 4 aliphatic heterocycles. The van der Waals surface area contributed by atoms with Gasteiger partial charge in [0, 0.05) is 0 Å². The highest BCUT2D eigenvalue weighted by Gasteiger charge is 2.69. The van der Waals surface area contributed by atoms with Crippen LogP contribution in [-0.2, 0) is 0 Å². The van der Waals surface area contributed by atoms with E-state index in [1.807, 2.05) is 0 Å². The van der Waals surface area contributed by atoms with Crippen LogP contribution in [0, 0.1) is 10.8 Å². The van der Waals surface area contributed by atoms with Crippen LogP contribution >= 0.6 is 0 Å². The van der Waals surface area contributed by atoms with Crippen molar-refractivity contribution in [2.24, 2.45) is 10.8 Å². The van der Waals surface area contributed by atoms with Gasteiger partial charge in [0.2, 0.25) is 6.17 Å². The van der Waals surface area contributed by atoms with E-state index < -0.39 is 24.9 Å². The summed E-state index contributed by atoms with van der Waals surface area (Å²) >= 11 is 0. The Morgan fingerprint density at radius 3 is 1.81 bits per heavy atom. The number of piperidine rings is 2. The maximum Gasteiger partial charge on any atom is 0.242 e. The largest absolute Gasteiger partial charge is 0.394 e. The molecule has 0 saturated carbocycles. The zero-order valence-corrected chi connectivity index (χ0v) is 12.7. The molecule has 0 unspecified atom stereocenters. The summed E-state index contributed by atoms with van der Waals surface area (Å²) in [6, 6.07) is 0. The number of hydrogen-bond donors (Lipinski definition) is 7. The quantitative estimate of drug-likeness (QED) is 0.280. The van der Waals surface area contributed by atoms with Crippen molar-refractivity contribution in [1.82, 2.24) is 0 Å². The molecule has 7 N–H and O–H groups in total. The van der Waals surface area contributed by atoms with Crippen molar-refractivity contribution in [2.45, 2.75) is 44.4 Å². The number of quaternary nitrogens is 2. The molecule has 4 heterocycles. The van der Waals surface area contributed by atoms with Crippen molar-refractivity contribution in [3.8, 4) is 0 Å². The van der Waals surface area contributed by atoms with Gasteiger partial charge in [-0.15, -0.1) is 0 Å². The van der Waals surface area contributed by atoms with Gasteiger partial charge in [-0.1, -0.05) is 0 Å². The molecule has 0 aromatic heterocycles. The molecule has 4 fully saturated rings. The number of nitrogens with one attached hydrogen (secondary N) is 2. The fourth-order valence-corrected chi connectivity index (χ4v) is 5.30. The fourth-order valence-electron chi connectivity index (χ4n) is 5.30. The van der Waals surface area contributed by atoms with Crippen LogP contribution in [0.5, 0.6) is 0 Å². The highest BCUT2D eigenvalue weighted by molar-refractivity contribution is 5.01. The second-order valence-electron chi connectivity index (χ2n) is 7.94. The van der Waals surface area contributed by atoms with Gasteiger partial charge in [0.1, 0.15) is 12.2 Å². The first-order chi connectivity index (χ1) is 9.72. The lowest BCUT2D eigenvalue weighted by Gasteiger charge is -2.63. The van der Waals surface area contributed by atoms with Gasteiger partial charge in [-0.2, -0.15) is 0 Å². The molecule has 122 valence electrons. The van der Waals surface area contributed by atoms with Gasteiger partial charge in [-0.25, -0.2) is 0 Å². The lowest BCUT2D eigenvalue weighted by Crippen LogP contribution is -3.46. The van der Waals surface area contributed by atoms with Crippen molar-refractivity contribution in [2.75, 3.05) is 32.8 Å². The first kappa shape index (κ1) is 15.6. The standard InChI is InChI=1S/C14H26N2O5/c1-13-4-15-6-14(2,12(13)21)7-16(5-13)11(15)10(20)9(19)8(18)3-17/h8-12,17-21H,3-7H2,1-2H3/p+2/t8-,9+,10-,11?,12?,13?,14?/m1/s1. The Kier molecular flexibility index (Phi) is 3.61. The molecular formula is C14H28N2O5+2. The molecule has 0 spiro atoms. The summed E-state index contributed by atoms with van der Waals surface area (Å²) in [6.07, 6.45) is -4.29. The Morgan fingerprint density at radius 1 is 1.00 bits per heavy atom. The van der Waals surface area contributed by atoms with Gasteiger partial charge >= 0.3 is 0 Å². The monoisotopic (exact) mass is 304 g/mol. The minimum atomic E-state index is -1.34. The van der Waals surface area contributed by atoms with E-state index in [2.05, 4.69) is 13.8 Å². The Labute approximate surface area is 124 Å². The normalized spacial score (nSPS) is 52.7. The van der Waals surface area contributed by atoms with Gasteiger partial charge in [-0.3, -0.25) is 9.80 Å². The predicted octanol–water partition coefficient (Wildman–Crippen LogP) is -5.43. The van der Waals surface area contributed by atoms with Crippen molar-refractivity contribution < 1.29 is 35.3 Å². The molecule has 7 heteroatoms. The van der Waals surface area contributed by atoms with E-state index in [4.69, 9.17) is 5.11 Å². The Morgan fingerprint density at radius 2 is 1.43 bits per heavy atom. The maximum atomic E-state index is 10.6. The third kappa shape index (κ3) is 2.15. The minimum absolute atomic E-state index is 0.160. The average Bonchev–Trinajstić information content (AvgIpc) is 2.41. The lowest BCUT2D eigenvalue weighted by molar-refractivity contribution is -1.18. The molecule has 0 aromatic carbocycles. The second kappa shape index (κ2) is 4.86. The first-order valence-corrected chi connectivity index (χ1v) is 7.74. The molecule has 0 amide bonds. The molecule has 4 rings (SSSR count). The number of aliphatic hydroxyl groups excluding tert-OH is 5. The minimum Gasteiger partial charge on any atom is -0.394 e. The Balaban J connectivity index is 1.82. The molecule has 21 heavy (non-hydrogen) atoms. The van der Waals surface area contributed by atoms with Crippen LogP contribution < -0.4 is 9.80 Å².